The Labute approximate surface area is 115 Å². The molecule has 104 valence electrons. The van der Waals surface area contributed by atoms with Gasteiger partial charge in [0.1, 0.15) is 17.3 Å². The van der Waals surface area contributed by atoms with Crippen LogP contribution in [0.15, 0.2) is 42.5 Å². The van der Waals surface area contributed by atoms with Gasteiger partial charge in [-0.05, 0) is 24.7 Å². The van der Waals surface area contributed by atoms with Gasteiger partial charge in [0.05, 0.1) is 17.1 Å². The second kappa shape index (κ2) is 6.12. The number of nitro groups is 1. The summed E-state index contributed by atoms with van der Waals surface area (Å²) in [6.07, 6.45) is 0. The van der Waals surface area contributed by atoms with Gasteiger partial charge in [0, 0.05) is 12.6 Å². The monoisotopic (exact) mass is 276 g/mol. The zero-order chi connectivity index (χ0) is 14.5. The van der Waals surface area contributed by atoms with E-state index in [2.05, 4.69) is 5.32 Å². The summed E-state index contributed by atoms with van der Waals surface area (Å²) in [5.74, 6) is -0.114. The quantitative estimate of drug-likeness (QED) is 0.672. The first-order valence-corrected chi connectivity index (χ1v) is 5.95. The number of benzene rings is 2. The topological polar surface area (TPSA) is 64.4 Å². The first kappa shape index (κ1) is 14.0. The molecule has 0 bridgehead atoms. The molecule has 0 radical (unpaired) electrons. The lowest BCUT2D eigenvalue weighted by Gasteiger charge is -2.07. The van der Waals surface area contributed by atoms with Crippen molar-refractivity contribution in [2.24, 2.45) is 0 Å². The Morgan fingerprint density at radius 3 is 2.75 bits per heavy atom. The lowest BCUT2D eigenvalue weighted by molar-refractivity contribution is -0.385. The normalized spacial score (nSPS) is 10.3. The smallest absolute Gasteiger partial charge is 0.276 e. The molecule has 0 saturated heterocycles. The molecule has 0 unspecified atom stereocenters. The number of hydrogen-bond acceptors (Lipinski definition) is 4. The molecule has 0 heterocycles. The Hall–Kier alpha value is -2.47. The van der Waals surface area contributed by atoms with Crippen LogP contribution >= 0.6 is 0 Å². The third kappa shape index (κ3) is 3.52. The fraction of sp³-hybridized carbons (Fsp3) is 0.143. The van der Waals surface area contributed by atoms with Crippen LogP contribution in [0.1, 0.15) is 5.56 Å². The summed E-state index contributed by atoms with van der Waals surface area (Å²) in [4.78, 5) is 10.0. The zero-order valence-electron chi connectivity index (χ0n) is 10.8. The molecule has 20 heavy (non-hydrogen) atoms. The van der Waals surface area contributed by atoms with E-state index in [1.807, 2.05) is 13.1 Å². The van der Waals surface area contributed by atoms with Crippen LogP contribution in [0, 0.1) is 15.9 Å². The van der Waals surface area contributed by atoms with Crippen LogP contribution in [0.25, 0.3) is 0 Å². The van der Waals surface area contributed by atoms with E-state index < -0.39 is 10.7 Å². The highest BCUT2D eigenvalue weighted by molar-refractivity contribution is 5.41. The molecule has 1 N–H and O–H groups in total. The van der Waals surface area contributed by atoms with Crippen LogP contribution in [0.4, 0.5) is 10.1 Å². The molecule has 6 heteroatoms. The van der Waals surface area contributed by atoms with Crippen molar-refractivity contribution >= 4 is 5.69 Å². The van der Waals surface area contributed by atoms with E-state index >= 15 is 0 Å². The lowest BCUT2D eigenvalue weighted by atomic mass is 10.2. The molecule has 0 spiro atoms. The second-order valence-corrected chi connectivity index (χ2v) is 4.18. The molecular weight excluding hydrogens is 263 g/mol. The highest BCUT2D eigenvalue weighted by atomic mass is 19.1. The molecule has 0 fully saturated rings. The fourth-order valence-corrected chi connectivity index (χ4v) is 1.77. The highest BCUT2D eigenvalue weighted by Crippen LogP contribution is 2.27. The van der Waals surface area contributed by atoms with E-state index in [9.17, 15) is 14.5 Å². The molecule has 0 aliphatic carbocycles. The van der Waals surface area contributed by atoms with Crippen LogP contribution in [0.3, 0.4) is 0 Å². The van der Waals surface area contributed by atoms with Gasteiger partial charge in [0.15, 0.2) is 0 Å². The van der Waals surface area contributed by atoms with E-state index in [0.29, 0.717) is 12.3 Å². The number of hydrogen-bond donors (Lipinski definition) is 1. The number of nitrogens with one attached hydrogen (secondary N) is 1. The van der Waals surface area contributed by atoms with E-state index in [0.717, 1.165) is 17.7 Å². The summed E-state index contributed by atoms with van der Waals surface area (Å²) >= 11 is 0. The molecule has 0 saturated carbocycles. The molecular formula is C14H13FN2O3. The van der Waals surface area contributed by atoms with Crippen LogP contribution in [0.5, 0.6) is 11.5 Å². The summed E-state index contributed by atoms with van der Waals surface area (Å²) in [7, 11) is 1.82. The van der Waals surface area contributed by atoms with Crippen molar-refractivity contribution in [3.8, 4) is 11.5 Å². The van der Waals surface area contributed by atoms with Gasteiger partial charge in [-0.25, -0.2) is 4.39 Å². The third-order valence-corrected chi connectivity index (χ3v) is 2.58. The summed E-state index contributed by atoms with van der Waals surface area (Å²) < 4.78 is 18.8. The Balaban J connectivity index is 2.25. The first-order valence-electron chi connectivity index (χ1n) is 5.95. The van der Waals surface area contributed by atoms with Crippen molar-refractivity contribution < 1.29 is 14.1 Å². The van der Waals surface area contributed by atoms with Crippen molar-refractivity contribution in [2.75, 3.05) is 7.05 Å². The fourth-order valence-electron chi connectivity index (χ4n) is 1.77. The summed E-state index contributed by atoms with van der Waals surface area (Å²) in [6, 6.07) is 10.4. The Morgan fingerprint density at radius 1 is 1.25 bits per heavy atom. The average molecular weight is 276 g/mol. The van der Waals surface area contributed by atoms with Crippen molar-refractivity contribution in [1.82, 2.24) is 5.32 Å². The standard InChI is InChI=1S/C14H13FN2O3/c1-16-9-10-3-2-4-13(5-10)20-14-7-11(15)6-12(8-14)17(18)19/h2-8,16H,9H2,1H3. The Morgan fingerprint density at radius 2 is 2.05 bits per heavy atom. The van der Waals surface area contributed by atoms with E-state index in [1.54, 1.807) is 18.2 Å². The number of nitrogens with zero attached hydrogens (tertiary/aromatic N) is 1. The largest absolute Gasteiger partial charge is 0.457 e. The molecule has 2 aromatic carbocycles. The van der Waals surface area contributed by atoms with Gasteiger partial charge in [0.2, 0.25) is 0 Å². The predicted molar refractivity (Wildman–Crippen MR) is 72.3 cm³/mol. The van der Waals surface area contributed by atoms with Crippen molar-refractivity contribution in [2.45, 2.75) is 6.54 Å². The molecule has 2 aromatic rings. The predicted octanol–water partition coefficient (Wildman–Crippen LogP) is 3.25. The zero-order valence-corrected chi connectivity index (χ0v) is 10.8. The highest BCUT2D eigenvalue weighted by Gasteiger charge is 2.11. The van der Waals surface area contributed by atoms with E-state index in [1.165, 1.54) is 6.07 Å². The van der Waals surface area contributed by atoms with Crippen LogP contribution < -0.4 is 10.1 Å². The third-order valence-electron chi connectivity index (χ3n) is 2.58. The Bertz CT molecular complexity index is 632. The van der Waals surface area contributed by atoms with E-state index in [4.69, 9.17) is 4.74 Å². The molecule has 0 atom stereocenters. The van der Waals surface area contributed by atoms with Gasteiger partial charge in [-0.3, -0.25) is 10.1 Å². The Kier molecular flexibility index (Phi) is 4.27. The maximum atomic E-state index is 13.3. The summed E-state index contributed by atoms with van der Waals surface area (Å²) in [5.41, 5.74) is 0.655. The van der Waals surface area contributed by atoms with Gasteiger partial charge in [-0.2, -0.15) is 0 Å². The average Bonchev–Trinajstić information content (AvgIpc) is 2.38. The van der Waals surface area contributed by atoms with Crippen molar-refractivity contribution in [1.29, 1.82) is 0 Å². The minimum atomic E-state index is -0.708. The summed E-state index contributed by atoms with van der Waals surface area (Å²) in [5, 5.41) is 13.7. The van der Waals surface area contributed by atoms with Gasteiger partial charge >= 0.3 is 0 Å². The van der Waals surface area contributed by atoms with E-state index in [-0.39, 0.29) is 11.4 Å². The second-order valence-electron chi connectivity index (χ2n) is 4.18. The molecule has 5 nitrogen and oxygen atoms in total. The van der Waals surface area contributed by atoms with Gasteiger partial charge in [-0.15, -0.1) is 0 Å². The number of rotatable bonds is 5. The first-order chi connectivity index (χ1) is 9.58. The maximum Gasteiger partial charge on any atom is 0.276 e. The number of halogens is 1. The number of non-ortho nitro benzene ring substituents is 1. The molecule has 0 amide bonds. The maximum absolute atomic E-state index is 13.3. The van der Waals surface area contributed by atoms with Crippen LogP contribution in [0.2, 0.25) is 0 Å². The molecule has 2 rings (SSSR count). The van der Waals surface area contributed by atoms with Gasteiger partial charge < -0.3 is 10.1 Å². The number of nitro benzene ring substituents is 1. The lowest BCUT2D eigenvalue weighted by Crippen LogP contribution is -2.04. The van der Waals surface area contributed by atoms with Crippen LogP contribution in [-0.2, 0) is 6.54 Å². The minimum absolute atomic E-state index is 0.0957. The molecule has 0 aliphatic heterocycles. The minimum Gasteiger partial charge on any atom is -0.457 e. The van der Waals surface area contributed by atoms with Crippen molar-refractivity contribution in [3.05, 3.63) is 64.0 Å². The SMILES string of the molecule is CNCc1cccc(Oc2cc(F)cc([N+](=O)[O-])c2)c1. The summed E-state index contributed by atoms with van der Waals surface area (Å²) in [6.45, 7) is 0.667. The van der Waals surface area contributed by atoms with Crippen molar-refractivity contribution in [3.63, 3.8) is 0 Å². The van der Waals surface area contributed by atoms with Gasteiger partial charge in [0.25, 0.3) is 5.69 Å². The number of ether oxygens (including phenoxy) is 1. The molecule has 0 aliphatic rings. The van der Waals surface area contributed by atoms with Crippen LogP contribution in [-0.4, -0.2) is 12.0 Å². The van der Waals surface area contributed by atoms with Gasteiger partial charge in [-0.1, -0.05) is 12.1 Å². The molecule has 0 aromatic heterocycles.